The number of aliphatic hydroxyl groups is 1. The number of amides is 1. The number of rotatable bonds is 6. The van der Waals surface area contributed by atoms with Crippen LogP contribution in [0.1, 0.15) is 32.4 Å². The number of likely N-dealkylation sites (N-methyl/N-ethyl adjacent to an activating group) is 2. The van der Waals surface area contributed by atoms with E-state index in [1.807, 2.05) is 30.9 Å². The maximum atomic E-state index is 11.5. The van der Waals surface area contributed by atoms with Gasteiger partial charge in [-0.2, -0.15) is 0 Å². The van der Waals surface area contributed by atoms with Gasteiger partial charge in [0.05, 0.1) is 12.6 Å². The van der Waals surface area contributed by atoms with Gasteiger partial charge < -0.3 is 15.3 Å². The van der Waals surface area contributed by atoms with E-state index in [2.05, 4.69) is 10.3 Å². The number of aromatic nitrogens is 1. The van der Waals surface area contributed by atoms with E-state index in [0.29, 0.717) is 19.6 Å². The summed E-state index contributed by atoms with van der Waals surface area (Å²) in [7, 11) is 0. The number of nitrogens with one attached hydrogen (secondary N) is 1. The molecule has 1 atom stereocenters. The van der Waals surface area contributed by atoms with Gasteiger partial charge in [0.2, 0.25) is 5.91 Å². The Morgan fingerprint density at radius 2 is 2.22 bits per heavy atom. The average molecular weight is 251 g/mol. The van der Waals surface area contributed by atoms with Gasteiger partial charge in [-0.3, -0.25) is 4.79 Å². The van der Waals surface area contributed by atoms with E-state index in [1.165, 1.54) is 0 Å². The summed E-state index contributed by atoms with van der Waals surface area (Å²) in [6.45, 7) is 7.20. The second-order valence-electron chi connectivity index (χ2n) is 4.09. The molecule has 18 heavy (non-hydrogen) atoms. The Bertz CT molecular complexity index is 376. The van der Waals surface area contributed by atoms with Gasteiger partial charge in [0.15, 0.2) is 0 Å². The lowest BCUT2D eigenvalue weighted by Gasteiger charge is -2.21. The van der Waals surface area contributed by atoms with Crippen molar-refractivity contribution in [3.05, 3.63) is 23.9 Å². The molecule has 0 radical (unpaired) electrons. The van der Waals surface area contributed by atoms with Crippen LogP contribution in [0.3, 0.4) is 0 Å². The van der Waals surface area contributed by atoms with Crippen molar-refractivity contribution in [3.8, 4) is 0 Å². The molecular formula is C13H21N3O2. The van der Waals surface area contributed by atoms with E-state index in [0.717, 1.165) is 11.4 Å². The number of carbonyl (C=O) groups is 1. The molecule has 0 aliphatic rings. The van der Waals surface area contributed by atoms with Crippen LogP contribution >= 0.6 is 0 Å². The molecule has 0 spiro atoms. The molecule has 5 nitrogen and oxygen atoms in total. The van der Waals surface area contributed by atoms with Crippen LogP contribution in [0, 0.1) is 0 Å². The fourth-order valence-electron chi connectivity index (χ4n) is 1.61. The highest BCUT2D eigenvalue weighted by atomic mass is 16.3. The Morgan fingerprint density at radius 1 is 1.50 bits per heavy atom. The highest BCUT2D eigenvalue weighted by Crippen LogP contribution is 2.15. The van der Waals surface area contributed by atoms with Crippen LogP contribution in [-0.4, -0.2) is 35.6 Å². The number of carbonyl (C=O) groups excluding carboxylic acids is 1. The molecule has 0 fully saturated rings. The molecule has 0 aliphatic carbocycles. The molecular weight excluding hydrogens is 230 g/mol. The first-order valence-electron chi connectivity index (χ1n) is 6.24. The third kappa shape index (κ3) is 4.00. The molecule has 0 bridgehead atoms. The maximum absolute atomic E-state index is 11.5. The summed E-state index contributed by atoms with van der Waals surface area (Å²) in [6, 6.07) is 3.65. The summed E-state index contributed by atoms with van der Waals surface area (Å²) in [5.74, 6) is 0.730. The first-order valence-corrected chi connectivity index (χ1v) is 6.24. The van der Waals surface area contributed by atoms with Crippen LogP contribution in [0.5, 0.6) is 0 Å². The molecule has 0 unspecified atom stereocenters. The molecule has 1 aromatic rings. The minimum atomic E-state index is -0.523. The second kappa shape index (κ2) is 6.96. The van der Waals surface area contributed by atoms with Gasteiger partial charge in [0.25, 0.3) is 0 Å². The third-order valence-corrected chi connectivity index (χ3v) is 2.67. The van der Waals surface area contributed by atoms with Crippen molar-refractivity contribution in [2.75, 3.05) is 24.5 Å². The monoisotopic (exact) mass is 251 g/mol. The molecule has 1 amide bonds. The second-order valence-corrected chi connectivity index (χ2v) is 4.09. The SMILES string of the molecule is CCNC(=O)CN(CC)c1ccc([C@H](C)O)cn1. The lowest BCUT2D eigenvalue weighted by Crippen LogP contribution is -2.37. The molecule has 100 valence electrons. The highest BCUT2D eigenvalue weighted by molar-refractivity contribution is 5.80. The average Bonchev–Trinajstić information content (AvgIpc) is 2.36. The van der Waals surface area contributed by atoms with Crippen molar-refractivity contribution in [2.24, 2.45) is 0 Å². The molecule has 5 heteroatoms. The zero-order valence-corrected chi connectivity index (χ0v) is 11.2. The Morgan fingerprint density at radius 3 is 2.67 bits per heavy atom. The Hall–Kier alpha value is -1.62. The first kappa shape index (κ1) is 14.4. The summed E-state index contributed by atoms with van der Waals surface area (Å²) in [5.41, 5.74) is 0.771. The van der Waals surface area contributed by atoms with Crippen LogP contribution < -0.4 is 10.2 Å². The number of aliphatic hydroxyl groups excluding tert-OH is 1. The number of anilines is 1. The van der Waals surface area contributed by atoms with E-state index >= 15 is 0 Å². The molecule has 0 saturated heterocycles. The predicted molar refractivity (Wildman–Crippen MR) is 71.4 cm³/mol. The van der Waals surface area contributed by atoms with Crippen LogP contribution in [0.4, 0.5) is 5.82 Å². The van der Waals surface area contributed by atoms with Crippen LogP contribution in [0.25, 0.3) is 0 Å². The maximum Gasteiger partial charge on any atom is 0.239 e. The zero-order valence-electron chi connectivity index (χ0n) is 11.2. The van der Waals surface area contributed by atoms with Gasteiger partial charge in [0.1, 0.15) is 5.82 Å². The van der Waals surface area contributed by atoms with Crippen molar-refractivity contribution < 1.29 is 9.90 Å². The van der Waals surface area contributed by atoms with Crippen molar-refractivity contribution in [1.29, 1.82) is 0 Å². The molecule has 1 rings (SSSR count). The molecule has 1 heterocycles. The predicted octanol–water partition coefficient (Wildman–Crippen LogP) is 1.10. The van der Waals surface area contributed by atoms with Gasteiger partial charge in [-0.05, 0) is 32.4 Å². The number of pyridine rings is 1. The van der Waals surface area contributed by atoms with Crippen molar-refractivity contribution >= 4 is 11.7 Å². The van der Waals surface area contributed by atoms with Crippen molar-refractivity contribution in [2.45, 2.75) is 26.9 Å². The minimum absolute atomic E-state index is 0.0132. The van der Waals surface area contributed by atoms with E-state index in [9.17, 15) is 9.90 Å². The first-order chi connectivity index (χ1) is 8.58. The minimum Gasteiger partial charge on any atom is -0.389 e. The van der Waals surface area contributed by atoms with Gasteiger partial charge in [-0.25, -0.2) is 4.98 Å². The highest BCUT2D eigenvalue weighted by Gasteiger charge is 2.11. The molecule has 0 saturated carbocycles. The van der Waals surface area contributed by atoms with Gasteiger partial charge in [-0.15, -0.1) is 0 Å². The number of hydrogen-bond donors (Lipinski definition) is 2. The molecule has 2 N–H and O–H groups in total. The topological polar surface area (TPSA) is 65.5 Å². The Balaban J connectivity index is 2.73. The zero-order chi connectivity index (χ0) is 13.5. The van der Waals surface area contributed by atoms with Crippen LogP contribution in [0.15, 0.2) is 18.3 Å². The summed E-state index contributed by atoms with van der Waals surface area (Å²) in [4.78, 5) is 17.7. The fourth-order valence-corrected chi connectivity index (χ4v) is 1.61. The van der Waals surface area contributed by atoms with Crippen LogP contribution in [-0.2, 0) is 4.79 Å². The largest absolute Gasteiger partial charge is 0.389 e. The number of hydrogen-bond acceptors (Lipinski definition) is 4. The van der Waals surface area contributed by atoms with Crippen molar-refractivity contribution in [1.82, 2.24) is 10.3 Å². The Kier molecular flexibility index (Phi) is 5.58. The quantitative estimate of drug-likeness (QED) is 0.794. The van der Waals surface area contributed by atoms with Crippen LogP contribution in [0.2, 0.25) is 0 Å². The smallest absolute Gasteiger partial charge is 0.239 e. The summed E-state index contributed by atoms with van der Waals surface area (Å²) >= 11 is 0. The van der Waals surface area contributed by atoms with E-state index < -0.39 is 6.10 Å². The third-order valence-electron chi connectivity index (χ3n) is 2.67. The lowest BCUT2D eigenvalue weighted by molar-refractivity contribution is -0.119. The molecule has 1 aromatic heterocycles. The fraction of sp³-hybridized carbons (Fsp3) is 0.538. The van der Waals surface area contributed by atoms with Crippen molar-refractivity contribution in [3.63, 3.8) is 0 Å². The van der Waals surface area contributed by atoms with E-state index in [1.54, 1.807) is 13.1 Å². The van der Waals surface area contributed by atoms with Gasteiger partial charge in [-0.1, -0.05) is 6.07 Å². The number of nitrogens with zero attached hydrogens (tertiary/aromatic N) is 2. The van der Waals surface area contributed by atoms with E-state index in [-0.39, 0.29) is 5.91 Å². The summed E-state index contributed by atoms with van der Waals surface area (Å²) < 4.78 is 0. The lowest BCUT2D eigenvalue weighted by atomic mass is 10.2. The van der Waals surface area contributed by atoms with Gasteiger partial charge in [0, 0.05) is 19.3 Å². The molecule has 0 aromatic carbocycles. The Labute approximate surface area is 108 Å². The van der Waals surface area contributed by atoms with Gasteiger partial charge >= 0.3 is 0 Å². The normalized spacial score (nSPS) is 12.0. The summed E-state index contributed by atoms with van der Waals surface area (Å²) in [6.07, 6.45) is 1.12. The standard InChI is InChI=1S/C13H21N3O2/c1-4-14-13(18)9-16(5-2)12-7-6-11(8-15-12)10(3)17/h6-8,10,17H,4-5,9H2,1-3H3,(H,14,18)/t10-/m0/s1. The molecule has 0 aliphatic heterocycles. The van der Waals surface area contributed by atoms with E-state index in [4.69, 9.17) is 0 Å². The summed E-state index contributed by atoms with van der Waals surface area (Å²) in [5, 5.41) is 12.2.